The lowest BCUT2D eigenvalue weighted by molar-refractivity contribution is 0.464. The zero-order valence-corrected chi connectivity index (χ0v) is 14.5. The molecule has 1 N–H and O–H groups in total. The number of nitrogens with one attached hydrogen (secondary N) is 1. The van der Waals surface area contributed by atoms with Gasteiger partial charge in [-0.25, -0.2) is 18.5 Å². The lowest BCUT2D eigenvalue weighted by Gasteiger charge is -2.08. The number of hydrogen-bond acceptors (Lipinski definition) is 6. The number of aromatic nitrogens is 4. The number of aromatic amines is 1. The van der Waals surface area contributed by atoms with Gasteiger partial charge >= 0.3 is 0 Å². The van der Waals surface area contributed by atoms with Gasteiger partial charge in [0.05, 0.1) is 10.6 Å². The molecule has 0 amide bonds. The van der Waals surface area contributed by atoms with Crippen LogP contribution in [-0.4, -0.2) is 34.8 Å². The molecule has 10 heteroatoms. The number of benzene rings is 1. The van der Waals surface area contributed by atoms with Crippen molar-refractivity contribution in [1.82, 2.24) is 20.2 Å². The predicted octanol–water partition coefficient (Wildman–Crippen LogP) is 3.37. The van der Waals surface area contributed by atoms with Crippen molar-refractivity contribution in [2.45, 2.75) is 5.16 Å². The molecule has 2 heterocycles. The Balaban J connectivity index is 2.02. The fourth-order valence-corrected chi connectivity index (χ4v) is 2.56. The van der Waals surface area contributed by atoms with E-state index in [1.165, 1.54) is 12.3 Å². The first-order valence-electron chi connectivity index (χ1n) is 6.55. The molecule has 24 heavy (non-hydrogen) atoms. The van der Waals surface area contributed by atoms with Crippen LogP contribution in [0.1, 0.15) is 0 Å². The largest absolute Gasteiger partial charge is 0.438 e. The Morgan fingerprint density at radius 1 is 1.12 bits per heavy atom. The van der Waals surface area contributed by atoms with E-state index in [0.29, 0.717) is 21.4 Å². The topological polar surface area (TPSA) is 97.8 Å². The molecule has 0 aliphatic heterocycles. The highest BCUT2D eigenvalue weighted by Gasteiger charge is 2.19. The van der Waals surface area contributed by atoms with Crippen LogP contribution in [0.25, 0.3) is 11.4 Å². The summed E-state index contributed by atoms with van der Waals surface area (Å²) >= 11 is 11.8. The second-order valence-electron chi connectivity index (χ2n) is 4.80. The number of pyridine rings is 1. The summed E-state index contributed by atoms with van der Waals surface area (Å²) in [5, 5.41) is 6.91. The maximum absolute atomic E-state index is 11.5. The molecule has 0 saturated heterocycles. The number of ether oxygens (including phenoxy) is 1. The molecular formula is C14H10Cl2N4O3S. The number of H-pyrrole nitrogens is 1. The average molecular weight is 385 g/mol. The molecule has 3 rings (SSSR count). The molecule has 0 fully saturated rings. The van der Waals surface area contributed by atoms with Gasteiger partial charge in [-0.2, -0.15) is 10.1 Å². The van der Waals surface area contributed by atoms with Crippen molar-refractivity contribution in [1.29, 1.82) is 0 Å². The number of nitrogens with zero attached hydrogens (tertiary/aromatic N) is 3. The predicted molar refractivity (Wildman–Crippen MR) is 89.3 cm³/mol. The smallest absolute Gasteiger partial charge is 0.243 e. The van der Waals surface area contributed by atoms with Crippen molar-refractivity contribution in [3.05, 3.63) is 46.6 Å². The minimum Gasteiger partial charge on any atom is -0.438 e. The highest BCUT2D eigenvalue weighted by Crippen LogP contribution is 2.32. The van der Waals surface area contributed by atoms with Crippen LogP contribution < -0.4 is 4.74 Å². The van der Waals surface area contributed by atoms with E-state index in [4.69, 9.17) is 27.9 Å². The fourth-order valence-electron chi connectivity index (χ4n) is 1.82. The molecule has 2 aromatic heterocycles. The summed E-state index contributed by atoms with van der Waals surface area (Å²) in [5.74, 6) is 0.782. The van der Waals surface area contributed by atoms with Crippen LogP contribution in [0.5, 0.6) is 11.6 Å². The van der Waals surface area contributed by atoms with E-state index in [-0.39, 0.29) is 16.9 Å². The van der Waals surface area contributed by atoms with Crippen molar-refractivity contribution >= 4 is 33.0 Å². The second kappa shape index (κ2) is 6.39. The summed E-state index contributed by atoms with van der Waals surface area (Å²) in [6, 6.07) is 8.21. The number of hydrogen-bond donors (Lipinski definition) is 1. The first-order valence-corrected chi connectivity index (χ1v) is 9.19. The monoisotopic (exact) mass is 384 g/mol. The summed E-state index contributed by atoms with van der Waals surface area (Å²) in [7, 11) is -3.51. The Hall–Kier alpha value is -2.16. The van der Waals surface area contributed by atoms with Crippen molar-refractivity contribution in [2.75, 3.05) is 6.26 Å². The van der Waals surface area contributed by atoms with Crippen molar-refractivity contribution in [3.63, 3.8) is 0 Å². The maximum Gasteiger partial charge on any atom is 0.243 e. The first-order chi connectivity index (χ1) is 11.3. The van der Waals surface area contributed by atoms with Crippen LogP contribution in [0.4, 0.5) is 0 Å². The van der Waals surface area contributed by atoms with E-state index in [1.54, 1.807) is 24.3 Å². The molecule has 0 atom stereocenters. The molecule has 7 nitrogen and oxygen atoms in total. The quantitative estimate of drug-likeness (QED) is 0.740. The zero-order chi connectivity index (χ0) is 17.3. The van der Waals surface area contributed by atoms with Gasteiger partial charge in [-0.3, -0.25) is 0 Å². The SMILES string of the molecule is CS(=O)(=O)c1nc(-c2cc(Cl)cnc2Oc2ccc(Cl)cc2)n[nH]1. The van der Waals surface area contributed by atoms with Gasteiger partial charge < -0.3 is 4.74 Å². The normalized spacial score (nSPS) is 11.5. The zero-order valence-electron chi connectivity index (χ0n) is 12.2. The minimum atomic E-state index is -3.51. The molecule has 0 radical (unpaired) electrons. The third-order valence-electron chi connectivity index (χ3n) is 2.90. The van der Waals surface area contributed by atoms with E-state index < -0.39 is 9.84 Å². The summed E-state index contributed by atoms with van der Waals surface area (Å²) in [4.78, 5) is 8.07. The molecular weight excluding hydrogens is 375 g/mol. The molecule has 0 saturated carbocycles. The number of halogens is 2. The Morgan fingerprint density at radius 3 is 2.46 bits per heavy atom. The van der Waals surface area contributed by atoms with Crippen LogP contribution in [0, 0.1) is 0 Å². The van der Waals surface area contributed by atoms with Crippen LogP contribution in [-0.2, 0) is 9.84 Å². The summed E-state index contributed by atoms with van der Waals surface area (Å²) in [5.41, 5.74) is 0.351. The number of rotatable bonds is 4. The molecule has 0 aliphatic carbocycles. The highest BCUT2D eigenvalue weighted by atomic mass is 35.5. The molecule has 124 valence electrons. The van der Waals surface area contributed by atoms with Crippen LogP contribution in [0.2, 0.25) is 10.0 Å². The van der Waals surface area contributed by atoms with Gasteiger partial charge in [0.1, 0.15) is 5.75 Å². The Labute approximate surface area is 147 Å². The Bertz CT molecular complexity index is 988. The molecule has 0 bridgehead atoms. The fraction of sp³-hybridized carbons (Fsp3) is 0.0714. The molecule has 3 aromatic rings. The van der Waals surface area contributed by atoms with Gasteiger partial charge in [0.15, 0.2) is 5.82 Å². The van der Waals surface area contributed by atoms with Gasteiger partial charge in [-0.1, -0.05) is 23.2 Å². The first kappa shape index (κ1) is 16.7. The molecule has 1 aromatic carbocycles. The van der Waals surface area contributed by atoms with Crippen molar-refractivity contribution in [3.8, 4) is 23.0 Å². The number of sulfone groups is 1. The van der Waals surface area contributed by atoms with Crippen molar-refractivity contribution < 1.29 is 13.2 Å². The summed E-state index contributed by atoms with van der Waals surface area (Å²) in [6.45, 7) is 0. The van der Waals surface area contributed by atoms with E-state index >= 15 is 0 Å². The van der Waals surface area contributed by atoms with Crippen LogP contribution in [0.15, 0.2) is 41.7 Å². The van der Waals surface area contributed by atoms with Gasteiger partial charge in [0.2, 0.25) is 20.9 Å². The van der Waals surface area contributed by atoms with Gasteiger partial charge in [-0.15, -0.1) is 0 Å². The van der Waals surface area contributed by atoms with Crippen LogP contribution in [0.3, 0.4) is 0 Å². The standard InChI is InChI=1S/C14H10Cl2N4O3S/c1-24(21,22)14-18-12(19-20-14)11-6-9(16)7-17-13(11)23-10-4-2-8(15)3-5-10/h2-7H,1H3,(H,18,19,20). The van der Waals surface area contributed by atoms with E-state index in [9.17, 15) is 8.42 Å². The van der Waals surface area contributed by atoms with E-state index in [2.05, 4.69) is 20.2 Å². The van der Waals surface area contributed by atoms with Gasteiger partial charge in [0, 0.05) is 17.5 Å². The molecule has 0 spiro atoms. The third kappa shape index (κ3) is 3.66. The van der Waals surface area contributed by atoms with Gasteiger partial charge in [0.25, 0.3) is 0 Å². The average Bonchev–Trinajstić information content (AvgIpc) is 3.01. The third-order valence-corrected chi connectivity index (χ3v) is 4.25. The summed E-state index contributed by atoms with van der Waals surface area (Å²) in [6.07, 6.45) is 2.43. The van der Waals surface area contributed by atoms with E-state index in [1.807, 2.05) is 0 Å². The van der Waals surface area contributed by atoms with Crippen molar-refractivity contribution in [2.24, 2.45) is 0 Å². The second-order valence-corrected chi connectivity index (χ2v) is 7.60. The Kier molecular flexibility index (Phi) is 4.44. The lowest BCUT2D eigenvalue weighted by atomic mass is 10.2. The maximum atomic E-state index is 11.5. The van der Waals surface area contributed by atoms with Crippen LogP contribution >= 0.6 is 23.2 Å². The molecule has 0 unspecified atom stereocenters. The Morgan fingerprint density at radius 2 is 1.83 bits per heavy atom. The van der Waals surface area contributed by atoms with Gasteiger partial charge in [-0.05, 0) is 30.3 Å². The lowest BCUT2D eigenvalue weighted by Crippen LogP contribution is -1.99. The van der Waals surface area contributed by atoms with E-state index in [0.717, 1.165) is 6.26 Å². The minimum absolute atomic E-state index is 0.106. The molecule has 0 aliphatic rings. The highest BCUT2D eigenvalue weighted by molar-refractivity contribution is 7.90. The summed E-state index contributed by atoms with van der Waals surface area (Å²) < 4.78 is 28.8.